The minimum Gasteiger partial charge on any atom is -0.372 e. The quantitative estimate of drug-likeness (QED) is 0.690. The summed E-state index contributed by atoms with van der Waals surface area (Å²) in [5, 5.41) is 4.43. The number of rotatable bonds is 2. The van der Waals surface area contributed by atoms with Crippen molar-refractivity contribution in [1.29, 1.82) is 0 Å². The topological polar surface area (TPSA) is 27.8 Å². The fraction of sp³-hybridized carbons (Fsp3) is 0.167. The second-order valence-electron chi connectivity index (χ2n) is 3.25. The van der Waals surface area contributed by atoms with Crippen molar-refractivity contribution in [1.82, 2.24) is 4.98 Å². The van der Waals surface area contributed by atoms with Gasteiger partial charge in [0.1, 0.15) is 0 Å². The van der Waals surface area contributed by atoms with E-state index in [-0.39, 0.29) is 0 Å². The molecule has 0 bridgehead atoms. The lowest BCUT2D eigenvalue weighted by molar-refractivity contribution is 1.37. The number of aromatic nitrogens is 1. The maximum Gasteiger partial charge on any atom is 0.0764 e. The van der Waals surface area contributed by atoms with Gasteiger partial charge < -0.3 is 10.3 Å². The van der Waals surface area contributed by atoms with Crippen LogP contribution < -0.4 is 5.32 Å². The molecule has 0 saturated heterocycles. The van der Waals surface area contributed by atoms with Crippen LogP contribution in [0.3, 0.4) is 0 Å². The molecular weight excluding hydrogens is 172 g/mol. The Labute approximate surface area is 83.3 Å². The summed E-state index contributed by atoms with van der Waals surface area (Å²) in [5.41, 5.74) is 3.46. The first kappa shape index (κ1) is 8.71. The van der Waals surface area contributed by atoms with E-state index in [9.17, 15) is 0 Å². The van der Waals surface area contributed by atoms with Gasteiger partial charge in [0, 0.05) is 11.6 Å². The van der Waals surface area contributed by atoms with Gasteiger partial charge in [0.15, 0.2) is 0 Å². The Bertz CT molecular complexity index is 488. The number of anilines is 1. The molecule has 2 heteroatoms. The molecule has 0 aliphatic carbocycles. The van der Waals surface area contributed by atoms with Gasteiger partial charge in [-0.25, -0.2) is 0 Å². The van der Waals surface area contributed by atoms with Crippen LogP contribution in [-0.2, 0) is 0 Å². The summed E-state index contributed by atoms with van der Waals surface area (Å²) in [6.45, 7) is 2.65. The Balaban J connectivity index is 2.51. The molecule has 0 fully saturated rings. The maximum atomic E-state index is 5.20. The summed E-state index contributed by atoms with van der Waals surface area (Å²) >= 11 is 0. The van der Waals surface area contributed by atoms with Crippen molar-refractivity contribution < 1.29 is 0 Å². The molecule has 0 amide bonds. The van der Waals surface area contributed by atoms with Crippen LogP contribution in [0.1, 0.15) is 5.56 Å². The predicted octanol–water partition coefficient (Wildman–Crippen LogP) is 2.52. The van der Waals surface area contributed by atoms with Crippen LogP contribution in [-0.4, -0.2) is 11.5 Å². The van der Waals surface area contributed by atoms with Crippen molar-refractivity contribution >= 4 is 16.6 Å². The van der Waals surface area contributed by atoms with Gasteiger partial charge in [-0.2, -0.15) is 0 Å². The fourth-order valence-electron chi connectivity index (χ4n) is 1.60. The molecule has 0 aliphatic rings. The zero-order valence-electron chi connectivity index (χ0n) is 8.09. The predicted molar refractivity (Wildman–Crippen MR) is 60.4 cm³/mol. The molecule has 2 aromatic rings. The van der Waals surface area contributed by atoms with Gasteiger partial charge in [-0.3, -0.25) is 0 Å². The summed E-state index contributed by atoms with van der Waals surface area (Å²) < 4.78 is 0. The van der Waals surface area contributed by atoms with E-state index < -0.39 is 0 Å². The highest BCUT2D eigenvalue weighted by Crippen LogP contribution is 2.24. The zero-order valence-corrected chi connectivity index (χ0v) is 8.09. The lowest BCUT2D eigenvalue weighted by atomic mass is 10.1. The Morgan fingerprint density at radius 2 is 2.29 bits per heavy atom. The molecule has 14 heavy (non-hydrogen) atoms. The van der Waals surface area contributed by atoms with E-state index in [1.807, 2.05) is 12.3 Å². The molecule has 1 heterocycles. The average molecular weight is 184 g/mol. The van der Waals surface area contributed by atoms with Gasteiger partial charge in [-0.1, -0.05) is 12.0 Å². The van der Waals surface area contributed by atoms with Crippen molar-refractivity contribution in [3.8, 4) is 12.3 Å². The molecule has 0 saturated carbocycles. The smallest absolute Gasteiger partial charge is 0.0764 e. The molecule has 0 atom stereocenters. The Morgan fingerprint density at radius 3 is 3.07 bits per heavy atom. The summed E-state index contributed by atoms with van der Waals surface area (Å²) in [7, 11) is 0. The van der Waals surface area contributed by atoms with E-state index in [0.29, 0.717) is 6.54 Å². The number of hydrogen-bond donors (Lipinski definition) is 2. The molecule has 1 aromatic carbocycles. The number of nitrogens with one attached hydrogen (secondary N) is 2. The number of benzene rings is 1. The van der Waals surface area contributed by atoms with E-state index in [0.717, 1.165) is 11.2 Å². The highest BCUT2D eigenvalue weighted by atomic mass is 14.9. The molecule has 1 aromatic heterocycles. The molecule has 0 aliphatic heterocycles. The number of fused-ring (bicyclic) bond motifs is 1. The van der Waals surface area contributed by atoms with Crippen LogP contribution >= 0.6 is 0 Å². The van der Waals surface area contributed by atoms with Gasteiger partial charge in [-0.05, 0) is 24.6 Å². The van der Waals surface area contributed by atoms with Crippen LogP contribution in [0, 0.1) is 19.3 Å². The third kappa shape index (κ3) is 1.33. The highest BCUT2D eigenvalue weighted by Gasteiger charge is 2.02. The second-order valence-corrected chi connectivity index (χ2v) is 3.25. The van der Waals surface area contributed by atoms with Gasteiger partial charge in [0.2, 0.25) is 0 Å². The minimum absolute atomic E-state index is 0.553. The van der Waals surface area contributed by atoms with Crippen molar-refractivity contribution in [2.24, 2.45) is 0 Å². The number of H-pyrrole nitrogens is 1. The lowest BCUT2D eigenvalue weighted by Gasteiger charge is -2.05. The Hall–Kier alpha value is -1.88. The molecule has 70 valence electrons. The van der Waals surface area contributed by atoms with Gasteiger partial charge >= 0.3 is 0 Å². The number of aromatic amines is 1. The number of aryl methyl sites for hydroxylation is 1. The molecule has 0 spiro atoms. The normalized spacial score (nSPS) is 10.0. The Morgan fingerprint density at radius 1 is 1.43 bits per heavy atom. The van der Waals surface area contributed by atoms with Crippen molar-refractivity contribution in [2.45, 2.75) is 6.92 Å². The SMILES string of the molecule is C#CCNc1ccc(C)c2cc[nH]c12. The van der Waals surface area contributed by atoms with E-state index >= 15 is 0 Å². The van der Waals surface area contributed by atoms with Gasteiger partial charge in [-0.15, -0.1) is 6.42 Å². The summed E-state index contributed by atoms with van der Waals surface area (Å²) in [4.78, 5) is 3.21. The Kier molecular flexibility index (Phi) is 2.16. The maximum absolute atomic E-state index is 5.20. The van der Waals surface area contributed by atoms with Crippen LogP contribution in [0.4, 0.5) is 5.69 Å². The largest absolute Gasteiger partial charge is 0.372 e. The minimum atomic E-state index is 0.553. The van der Waals surface area contributed by atoms with Crippen LogP contribution in [0.5, 0.6) is 0 Å². The highest BCUT2D eigenvalue weighted by molar-refractivity contribution is 5.93. The first-order valence-corrected chi connectivity index (χ1v) is 4.57. The number of terminal acetylenes is 1. The van der Waals surface area contributed by atoms with E-state index in [4.69, 9.17) is 6.42 Å². The first-order chi connectivity index (χ1) is 6.83. The second kappa shape index (κ2) is 3.47. The molecule has 2 nitrogen and oxygen atoms in total. The van der Waals surface area contributed by atoms with Crippen molar-refractivity contribution in [3.05, 3.63) is 30.0 Å². The van der Waals surface area contributed by atoms with E-state index in [1.165, 1.54) is 10.9 Å². The van der Waals surface area contributed by atoms with Gasteiger partial charge in [0.05, 0.1) is 17.7 Å². The standard InChI is InChI=1S/C12H12N2/c1-3-7-13-11-5-4-9(2)10-6-8-14-12(10)11/h1,4-6,8,13-14H,7H2,2H3. The monoisotopic (exact) mass is 184 g/mol. The average Bonchev–Trinajstić information content (AvgIpc) is 2.66. The summed E-state index contributed by atoms with van der Waals surface area (Å²) in [6.07, 6.45) is 7.15. The molecule has 0 unspecified atom stereocenters. The summed E-state index contributed by atoms with van der Waals surface area (Å²) in [6, 6.07) is 6.21. The first-order valence-electron chi connectivity index (χ1n) is 4.57. The lowest BCUT2D eigenvalue weighted by Crippen LogP contribution is -1.98. The fourth-order valence-corrected chi connectivity index (χ4v) is 1.60. The molecular formula is C12H12N2. The number of hydrogen-bond acceptors (Lipinski definition) is 1. The summed E-state index contributed by atoms with van der Waals surface area (Å²) in [5.74, 6) is 2.56. The molecule has 2 rings (SSSR count). The molecule has 0 radical (unpaired) electrons. The zero-order chi connectivity index (χ0) is 9.97. The third-order valence-corrected chi connectivity index (χ3v) is 2.32. The van der Waals surface area contributed by atoms with Gasteiger partial charge in [0.25, 0.3) is 0 Å². The van der Waals surface area contributed by atoms with Crippen LogP contribution in [0.2, 0.25) is 0 Å². The van der Waals surface area contributed by atoms with Crippen molar-refractivity contribution in [3.63, 3.8) is 0 Å². The molecule has 2 N–H and O–H groups in total. The van der Waals surface area contributed by atoms with Crippen LogP contribution in [0.25, 0.3) is 10.9 Å². The van der Waals surface area contributed by atoms with E-state index in [2.05, 4.69) is 35.3 Å². The third-order valence-electron chi connectivity index (χ3n) is 2.32. The van der Waals surface area contributed by atoms with Crippen molar-refractivity contribution in [2.75, 3.05) is 11.9 Å². The van der Waals surface area contributed by atoms with E-state index in [1.54, 1.807) is 0 Å². The van der Waals surface area contributed by atoms with Crippen LogP contribution in [0.15, 0.2) is 24.4 Å².